The van der Waals surface area contributed by atoms with Gasteiger partial charge < -0.3 is 9.22 Å². The molecule has 0 spiro atoms. The average molecular weight is 136 g/mol. The minimum absolute atomic E-state index is 0.247. The molecule has 7 heavy (non-hydrogen) atoms. The Balaban J connectivity index is 3.36. The Hall–Kier alpha value is 0.354. The van der Waals surface area contributed by atoms with E-state index >= 15 is 0 Å². The van der Waals surface area contributed by atoms with Gasteiger partial charge in [-0.05, 0) is 13.1 Å². The van der Waals surface area contributed by atoms with Crippen molar-refractivity contribution in [2.24, 2.45) is 0 Å². The standard InChI is InChI=1S/C3H12O2Si2/c1-7(2,3-4)5-6/h4H,3H2,1-2,6H3. The van der Waals surface area contributed by atoms with Crippen LogP contribution in [0.5, 0.6) is 0 Å². The van der Waals surface area contributed by atoms with Gasteiger partial charge in [-0.1, -0.05) is 0 Å². The molecule has 0 aliphatic rings. The smallest absolute Gasteiger partial charge is 0.198 e. The van der Waals surface area contributed by atoms with E-state index in [1.54, 1.807) is 0 Å². The van der Waals surface area contributed by atoms with E-state index in [0.717, 1.165) is 10.5 Å². The molecule has 0 aromatic carbocycles. The van der Waals surface area contributed by atoms with Crippen molar-refractivity contribution in [1.82, 2.24) is 0 Å². The second kappa shape index (κ2) is 2.61. The number of aliphatic hydroxyl groups is 1. The highest BCUT2D eigenvalue weighted by Gasteiger charge is 2.16. The van der Waals surface area contributed by atoms with Gasteiger partial charge in [-0.15, -0.1) is 0 Å². The first-order valence-corrected chi connectivity index (χ1v) is 6.21. The maximum absolute atomic E-state index is 8.55. The van der Waals surface area contributed by atoms with Crippen LogP contribution in [0, 0.1) is 0 Å². The summed E-state index contributed by atoms with van der Waals surface area (Å²) in [6.07, 6.45) is 0.247. The molecule has 1 N–H and O–H groups in total. The summed E-state index contributed by atoms with van der Waals surface area (Å²) >= 11 is 0. The molecule has 4 heteroatoms. The van der Waals surface area contributed by atoms with Gasteiger partial charge in [0.25, 0.3) is 0 Å². The first-order chi connectivity index (χ1) is 3.12. The highest BCUT2D eigenvalue weighted by atomic mass is 28.4. The maximum Gasteiger partial charge on any atom is 0.198 e. The fourth-order valence-electron chi connectivity index (χ4n) is 0.0645. The number of rotatable bonds is 2. The molecule has 0 aromatic heterocycles. The van der Waals surface area contributed by atoms with Crippen LogP contribution in [-0.2, 0) is 4.12 Å². The van der Waals surface area contributed by atoms with Crippen molar-refractivity contribution in [3.63, 3.8) is 0 Å². The molecular formula is C3H12O2Si2. The molecule has 0 radical (unpaired) electrons. The predicted molar refractivity (Wildman–Crippen MR) is 35.6 cm³/mol. The SMILES string of the molecule is C[Si](C)(CO)O[SiH3]. The Labute approximate surface area is 48.2 Å². The van der Waals surface area contributed by atoms with E-state index in [9.17, 15) is 0 Å². The summed E-state index contributed by atoms with van der Waals surface area (Å²) in [6.45, 7) is 4.00. The molecule has 0 saturated heterocycles. The van der Waals surface area contributed by atoms with E-state index in [4.69, 9.17) is 9.22 Å². The Morgan fingerprint density at radius 3 is 2.14 bits per heavy atom. The van der Waals surface area contributed by atoms with Crippen LogP contribution in [0.1, 0.15) is 0 Å². The molecular weight excluding hydrogens is 124 g/mol. The summed E-state index contributed by atoms with van der Waals surface area (Å²) in [5.74, 6) is 0. The van der Waals surface area contributed by atoms with Crippen molar-refractivity contribution in [2.75, 3.05) is 6.23 Å². The van der Waals surface area contributed by atoms with Crippen molar-refractivity contribution in [2.45, 2.75) is 13.1 Å². The zero-order chi connectivity index (χ0) is 5.91. The van der Waals surface area contributed by atoms with Crippen LogP contribution >= 0.6 is 0 Å². The average Bonchev–Trinajstić information content (AvgIpc) is 1.68. The fourth-order valence-corrected chi connectivity index (χ4v) is 0.581. The highest BCUT2D eigenvalue weighted by molar-refractivity contribution is 6.73. The maximum atomic E-state index is 8.55. The molecule has 0 rings (SSSR count). The third-order valence-corrected chi connectivity index (χ3v) is 6.12. The van der Waals surface area contributed by atoms with Crippen LogP contribution in [0.4, 0.5) is 0 Å². The Kier molecular flexibility index (Phi) is 2.74. The van der Waals surface area contributed by atoms with Crippen LogP contribution in [-0.4, -0.2) is 30.1 Å². The van der Waals surface area contributed by atoms with Gasteiger partial charge in [0, 0.05) is 0 Å². The second-order valence-electron chi connectivity index (χ2n) is 2.12. The van der Waals surface area contributed by atoms with E-state index in [1.165, 1.54) is 0 Å². The molecule has 0 amide bonds. The van der Waals surface area contributed by atoms with Gasteiger partial charge in [0.2, 0.25) is 0 Å². The number of hydrogen-bond acceptors (Lipinski definition) is 2. The molecule has 44 valence electrons. The summed E-state index contributed by atoms with van der Waals surface area (Å²) in [5, 5.41) is 8.55. The molecule has 0 bridgehead atoms. The summed E-state index contributed by atoms with van der Waals surface area (Å²) in [7, 11) is -0.775. The molecule has 2 nitrogen and oxygen atoms in total. The normalized spacial score (nSPS) is 12.4. The van der Waals surface area contributed by atoms with Crippen molar-refractivity contribution < 1.29 is 9.22 Å². The first kappa shape index (κ1) is 7.35. The van der Waals surface area contributed by atoms with Crippen LogP contribution in [0.25, 0.3) is 0 Å². The van der Waals surface area contributed by atoms with Crippen molar-refractivity contribution in [1.29, 1.82) is 0 Å². The largest absolute Gasteiger partial charge is 0.462 e. The zero-order valence-electron chi connectivity index (χ0n) is 5.06. The van der Waals surface area contributed by atoms with E-state index in [0.29, 0.717) is 0 Å². The highest BCUT2D eigenvalue weighted by Crippen LogP contribution is 1.97. The predicted octanol–water partition coefficient (Wildman–Crippen LogP) is -0.980. The van der Waals surface area contributed by atoms with Gasteiger partial charge in [0.15, 0.2) is 8.32 Å². The first-order valence-electron chi connectivity index (χ1n) is 2.28. The van der Waals surface area contributed by atoms with Gasteiger partial charge in [0.1, 0.15) is 10.5 Å². The molecule has 0 atom stereocenters. The lowest BCUT2D eigenvalue weighted by molar-refractivity contribution is 0.338. The molecule has 0 aliphatic heterocycles. The summed E-state index contributed by atoms with van der Waals surface area (Å²) in [4.78, 5) is 0. The van der Waals surface area contributed by atoms with E-state index in [1.807, 2.05) is 13.1 Å². The molecule has 0 aromatic rings. The number of hydrogen-bond donors (Lipinski definition) is 1. The van der Waals surface area contributed by atoms with Crippen LogP contribution in [0.2, 0.25) is 13.1 Å². The third-order valence-electron chi connectivity index (χ3n) is 0.933. The Morgan fingerprint density at radius 2 is 2.14 bits per heavy atom. The summed E-state index contributed by atoms with van der Waals surface area (Å²) in [5.41, 5.74) is 0. The molecule has 0 unspecified atom stereocenters. The second-order valence-corrected chi connectivity index (χ2v) is 7.59. The fraction of sp³-hybridized carbons (Fsp3) is 1.00. The minimum atomic E-state index is -1.53. The quantitative estimate of drug-likeness (QED) is 0.495. The van der Waals surface area contributed by atoms with Gasteiger partial charge in [-0.25, -0.2) is 0 Å². The van der Waals surface area contributed by atoms with Crippen LogP contribution in [0.15, 0.2) is 0 Å². The molecule has 0 heterocycles. The lowest BCUT2D eigenvalue weighted by Gasteiger charge is -2.15. The third kappa shape index (κ3) is 2.98. The lowest BCUT2D eigenvalue weighted by Crippen LogP contribution is -2.34. The summed E-state index contributed by atoms with van der Waals surface area (Å²) < 4.78 is 5.11. The topological polar surface area (TPSA) is 29.5 Å². The van der Waals surface area contributed by atoms with E-state index in [2.05, 4.69) is 0 Å². The Bertz CT molecular complexity index is 48.9. The lowest BCUT2D eigenvalue weighted by atomic mass is 11.7. The van der Waals surface area contributed by atoms with Crippen molar-refractivity contribution in [3.05, 3.63) is 0 Å². The van der Waals surface area contributed by atoms with Gasteiger partial charge in [-0.3, -0.25) is 0 Å². The Morgan fingerprint density at radius 1 is 1.71 bits per heavy atom. The minimum Gasteiger partial charge on any atom is -0.462 e. The van der Waals surface area contributed by atoms with Gasteiger partial charge in [-0.2, -0.15) is 0 Å². The molecule has 0 saturated carbocycles. The van der Waals surface area contributed by atoms with Gasteiger partial charge in [0.05, 0.1) is 6.23 Å². The number of aliphatic hydroxyl groups excluding tert-OH is 1. The van der Waals surface area contributed by atoms with Crippen molar-refractivity contribution in [3.8, 4) is 0 Å². The van der Waals surface area contributed by atoms with E-state index < -0.39 is 8.32 Å². The zero-order valence-corrected chi connectivity index (χ0v) is 8.06. The van der Waals surface area contributed by atoms with Crippen LogP contribution in [0.3, 0.4) is 0 Å². The summed E-state index contributed by atoms with van der Waals surface area (Å²) in [6, 6.07) is 0. The molecule has 0 fully saturated rings. The van der Waals surface area contributed by atoms with Crippen LogP contribution < -0.4 is 0 Å². The van der Waals surface area contributed by atoms with E-state index in [-0.39, 0.29) is 6.23 Å². The molecule has 0 aliphatic carbocycles. The van der Waals surface area contributed by atoms with Gasteiger partial charge >= 0.3 is 0 Å². The van der Waals surface area contributed by atoms with Crippen molar-refractivity contribution >= 4 is 18.8 Å². The monoisotopic (exact) mass is 136 g/mol.